The Hall–Kier alpha value is -5.59. The molecule has 13 heteroatoms. The highest BCUT2D eigenvalue weighted by atomic mass is 16.2. The number of pyridine rings is 1. The van der Waals surface area contributed by atoms with Crippen LogP contribution in [-0.2, 0) is 30.4 Å². The van der Waals surface area contributed by atoms with Crippen molar-refractivity contribution in [2.24, 2.45) is 5.92 Å². The highest BCUT2D eigenvalue weighted by Gasteiger charge is 2.33. The summed E-state index contributed by atoms with van der Waals surface area (Å²) in [6, 6.07) is 16.0. The maximum Gasteiger partial charge on any atom is 0.254 e. The molecule has 0 saturated carbocycles. The molecule has 6 amide bonds. The van der Waals surface area contributed by atoms with Gasteiger partial charge in [-0.15, -0.1) is 0 Å². The number of benzene rings is 2. The molecule has 51 heavy (non-hydrogen) atoms. The molecule has 0 radical (unpaired) electrons. The van der Waals surface area contributed by atoms with E-state index in [4.69, 9.17) is 0 Å². The van der Waals surface area contributed by atoms with Crippen molar-refractivity contribution in [1.82, 2.24) is 36.5 Å². The van der Waals surface area contributed by atoms with Crippen molar-refractivity contribution >= 4 is 35.4 Å². The van der Waals surface area contributed by atoms with Crippen LogP contribution in [0.25, 0.3) is 11.1 Å². The van der Waals surface area contributed by atoms with Crippen LogP contribution in [0.4, 0.5) is 0 Å². The number of rotatable bonds is 6. The van der Waals surface area contributed by atoms with Crippen LogP contribution in [0, 0.1) is 12.8 Å². The van der Waals surface area contributed by atoms with E-state index in [0.717, 1.165) is 11.1 Å². The summed E-state index contributed by atoms with van der Waals surface area (Å²) in [5.41, 5.74) is 3.02. The molecule has 0 bridgehead atoms. The first-order valence-electron chi connectivity index (χ1n) is 17.1. The van der Waals surface area contributed by atoms with Crippen LogP contribution in [0.15, 0.2) is 72.9 Å². The van der Waals surface area contributed by atoms with Crippen LogP contribution in [0.5, 0.6) is 0 Å². The largest absolute Gasteiger partial charge is 0.355 e. The van der Waals surface area contributed by atoms with Crippen LogP contribution >= 0.6 is 0 Å². The molecule has 4 atom stereocenters. The Labute approximate surface area is 298 Å². The van der Waals surface area contributed by atoms with Gasteiger partial charge >= 0.3 is 0 Å². The molecule has 3 aromatic rings. The normalized spacial score (nSPS) is 21.5. The summed E-state index contributed by atoms with van der Waals surface area (Å²) in [7, 11) is 1.48. The molecule has 270 valence electrons. The SMILES string of the molecule is Cc1nccc(-c2ccccc2)c1C(=O)N[C@H]1CCCNC(=O)CN(C)C(=O)[C@H](Cc2ccccc2)NC(=O)[C@@H](C)NC(=O)[C@@H](C(C)C)NC1=O. The zero-order valence-corrected chi connectivity index (χ0v) is 29.7. The minimum absolute atomic E-state index is 0.122. The van der Waals surface area contributed by atoms with Gasteiger partial charge in [0, 0.05) is 26.2 Å². The maximum absolute atomic E-state index is 13.9. The number of nitrogens with one attached hydrogen (secondary N) is 5. The number of carbonyl (C=O) groups excluding carboxylic acids is 6. The Balaban J connectivity index is 1.59. The van der Waals surface area contributed by atoms with E-state index in [1.165, 1.54) is 18.9 Å². The maximum atomic E-state index is 13.9. The highest BCUT2D eigenvalue weighted by Crippen LogP contribution is 2.25. The Morgan fingerprint density at radius 2 is 1.57 bits per heavy atom. The molecule has 2 heterocycles. The Kier molecular flexibility index (Phi) is 13.4. The molecule has 1 aliphatic heterocycles. The van der Waals surface area contributed by atoms with Gasteiger partial charge in [0.15, 0.2) is 0 Å². The molecule has 0 spiro atoms. The first-order chi connectivity index (χ1) is 24.3. The summed E-state index contributed by atoms with van der Waals surface area (Å²) >= 11 is 0. The summed E-state index contributed by atoms with van der Waals surface area (Å²) in [5.74, 6) is -3.63. The van der Waals surface area contributed by atoms with Gasteiger partial charge in [-0.05, 0) is 55.4 Å². The summed E-state index contributed by atoms with van der Waals surface area (Å²) in [6.07, 6.45) is 2.20. The van der Waals surface area contributed by atoms with Crippen LogP contribution < -0.4 is 26.6 Å². The third kappa shape index (κ3) is 10.5. The lowest BCUT2D eigenvalue weighted by molar-refractivity contribution is -0.139. The van der Waals surface area contributed by atoms with Crippen LogP contribution in [0.3, 0.4) is 0 Å². The first-order valence-corrected chi connectivity index (χ1v) is 17.1. The molecule has 1 aromatic heterocycles. The average molecular weight is 698 g/mol. The second-order valence-corrected chi connectivity index (χ2v) is 13.1. The van der Waals surface area contributed by atoms with E-state index in [-0.39, 0.29) is 25.9 Å². The predicted molar refractivity (Wildman–Crippen MR) is 192 cm³/mol. The summed E-state index contributed by atoms with van der Waals surface area (Å²) < 4.78 is 0. The van der Waals surface area contributed by atoms with Crippen molar-refractivity contribution in [3.63, 3.8) is 0 Å². The molecule has 5 N–H and O–H groups in total. The zero-order chi connectivity index (χ0) is 37.1. The molecule has 1 aliphatic rings. The Morgan fingerprint density at radius 1 is 0.902 bits per heavy atom. The van der Waals surface area contributed by atoms with Gasteiger partial charge in [0.05, 0.1) is 17.8 Å². The van der Waals surface area contributed by atoms with Gasteiger partial charge in [0.2, 0.25) is 29.5 Å². The number of aromatic nitrogens is 1. The summed E-state index contributed by atoms with van der Waals surface area (Å²) in [5, 5.41) is 13.8. The van der Waals surface area contributed by atoms with Crippen LogP contribution in [-0.4, -0.2) is 89.6 Å². The molecular weight excluding hydrogens is 650 g/mol. The van der Waals surface area contributed by atoms with E-state index in [9.17, 15) is 28.8 Å². The molecular formula is C38H47N7O6. The van der Waals surface area contributed by atoms with E-state index in [0.29, 0.717) is 23.2 Å². The van der Waals surface area contributed by atoms with Gasteiger partial charge in [-0.3, -0.25) is 33.8 Å². The lowest BCUT2D eigenvalue weighted by Gasteiger charge is -2.28. The van der Waals surface area contributed by atoms with E-state index in [1.807, 2.05) is 60.7 Å². The average Bonchev–Trinajstić information content (AvgIpc) is 3.11. The van der Waals surface area contributed by atoms with Crippen molar-refractivity contribution < 1.29 is 28.8 Å². The molecule has 4 rings (SSSR count). The van der Waals surface area contributed by atoms with Crippen molar-refractivity contribution in [1.29, 1.82) is 0 Å². The number of likely N-dealkylation sites (N-methyl/N-ethyl adjacent to an activating group) is 1. The fraction of sp³-hybridized carbons (Fsp3) is 0.395. The van der Waals surface area contributed by atoms with E-state index >= 15 is 0 Å². The predicted octanol–water partition coefficient (Wildman–Crippen LogP) is 1.90. The van der Waals surface area contributed by atoms with Crippen LogP contribution in [0.1, 0.15) is 55.2 Å². The quantitative estimate of drug-likeness (QED) is 0.261. The molecule has 0 unspecified atom stereocenters. The minimum Gasteiger partial charge on any atom is -0.355 e. The van der Waals surface area contributed by atoms with Gasteiger partial charge in [0.25, 0.3) is 5.91 Å². The topological polar surface area (TPSA) is 179 Å². The van der Waals surface area contributed by atoms with Gasteiger partial charge in [-0.2, -0.15) is 0 Å². The third-order valence-electron chi connectivity index (χ3n) is 8.72. The molecule has 1 fully saturated rings. The molecule has 13 nitrogen and oxygen atoms in total. The molecule has 2 aromatic carbocycles. The van der Waals surface area contributed by atoms with Gasteiger partial charge in [0.1, 0.15) is 24.2 Å². The molecule has 0 aliphatic carbocycles. The lowest BCUT2D eigenvalue weighted by atomic mass is 9.98. The standard InChI is InChI=1S/C38H47N7O6/c1-23(2)33-37(50)41-25(4)34(47)43-30(21-26-13-8-6-9-14-26)38(51)45(5)22-31(46)40-19-12-17-29(35(48)44-33)42-36(49)32-24(3)39-20-18-28(32)27-15-10-7-11-16-27/h6-11,13-16,18,20,23,25,29-30,33H,12,17,19,21-22H2,1-5H3,(H,40,46)(H,41,50)(H,42,49)(H,43,47)(H,44,48)/t25-,29+,30+,33-/m1/s1. The third-order valence-corrected chi connectivity index (χ3v) is 8.72. The van der Waals surface area contributed by atoms with Gasteiger partial charge < -0.3 is 31.5 Å². The molecule has 1 saturated heterocycles. The van der Waals surface area contributed by atoms with Crippen molar-refractivity contribution in [3.05, 3.63) is 89.7 Å². The van der Waals surface area contributed by atoms with Crippen LogP contribution in [0.2, 0.25) is 0 Å². The monoisotopic (exact) mass is 697 g/mol. The van der Waals surface area contributed by atoms with E-state index in [1.54, 1.807) is 33.0 Å². The van der Waals surface area contributed by atoms with Gasteiger partial charge in [-0.1, -0.05) is 74.5 Å². The smallest absolute Gasteiger partial charge is 0.254 e. The number of aryl methyl sites for hydroxylation is 1. The fourth-order valence-electron chi connectivity index (χ4n) is 5.86. The van der Waals surface area contributed by atoms with Crippen molar-refractivity contribution in [3.8, 4) is 11.1 Å². The second-order valence-electron chi connectivity index (χ2n) is 13.1. The summed E-state index contributed by atoms with van der Waals surface area (Å²) in [6.45, 7) is 6.57. The van der Waals surface area contributed by atoms with Gasteiger partial charge in [-0.25, -0.2) is 0 Å². The van der Waals surface area contributed by atoms with Crippen molar-refractivity contribution in [2.75, 3.05) is 20.1 Å². The first kappa shape index (κ1) is 38.2. The number of carbonyl (C=O) groups is 6. The van der Waals surface area contributed by atoms with E-state index in [2.05, 4.69) is 31.6 Å². The Bertz CT molecular complexity index is 1720. The zero-order valence-electron chi connectivity index (χ0n) is 29.7. The number of nitrogens with zero attached hydrogens (tertiary/aromatic N) is 2. The number of hydrogen-bond donors (Lipinski definition) is 5. The highest BCUT2D eigenvalue weighted by molar-refractivity contribution is 6.04. The number of amides is 6. The Morgan fingerprint density at radius 3 is 2.24 bits per heavy atom. The minimum atomic E-state index is -1.09. The number of hydrogen-bond acceptors (Lipinski definition) is 7. The lowest BCUT2D eigenvalue weighted by Crippen LogP contribution is -2.59. The summed E-state index contributed by atoms with van der Waals surface area (Å²) in [4.78, 5) is 86.6. The fourth-order valence-corrected chi connectivity index (χ4v) is 5.86. The second kappa shape index (κ2) is 17.9. The van der Waals surface area contributed by atoms with E-state index < -0.39 is 65.5 Å². The van der Waals surface area contributed by atoms with Crippen molar-refractivity contribution in [2.45, 2.75) is 71.1 Å².